The first-order valence-electron chi connectivity index (χ1n) is 5.66. The smallest absolute Gasteiger partial charge is 0.341 e. The van der Waals surface area contributed by atoms with E-state index >= 15 is 0 Å². The van der Waals surface area contributed by atoms with Crippen LogP contribution in [-0.2, 0) is 11.2 Å². The molecule has 0 fully saturated rings. The number of hydrogen-bond donors (Lipinski definition) is 0. The summed E-state index contributed by atoms with van der Waals surface area (Å²) in [5, 5.41) is 0. The normalized spacial score (nSPS) is 9.94. The molecule has 0 N–H and O–H groups in total. The van der Waals surface area contributed by atoms with Crippen LogP contribution in [0.1, 0.15) is 36.7 Å². The topological polar surface area (TPSA) is 35.5 Å². The molecule has 0 saturated carbocycles. The predicted molar refractivity (Wildman–Crippen MR) is 62.9 cm³/mol. The maximum Gasteiger partial charge on any atom is 0.341 e. The van der Waals surface area contributed by atoms with Gasteiger partial charge >= 0.3 is 5.97 Å². The number of rotatable bonds is 5. The predicted octanol–water partition coefficient (Wildman–Crippen LogP) is 2.82. The molecule has 1 rings (SSSR count). The lowest BCUT2D eigenvalue weighted by Gasteiger charge is -2.13. The van der Waals surface area contributed by atoms with E-state index in [4.69, 9.17) is 9.47 Å². The largest absolute Gasteiger partial charge is 0.493 e. The Morgan fingerprint density at radius 1 is 1.19 bits per heavy atom. The third-order valence-electron chi connectivity index (χ3n) is 2.26. The van der Waals surface area contributed by atoms with Gasteiger partial charge in [-0.15, -0.1) is 0 Å². The SMILES string of the molecule is CCOC(=O)c1cccc(CC)c1OCC. The second-order valence-electron chi connectivity index (χ2n) is 3.30. The van der Waals surface area contributed by atoms with Crippen LogP contribution in [0.15, 0.2) is 18.2 Å². The third kappa shape index (κ3) is 2.75. The van der Waals surface area contributed by atoms with Gasteiger partial charge in [0.15, 0.2) is 0 Å². The van der Waals surface area contributed by atoms with Crippen LogP contribution in [0.25, 0.3) is 0 Å². The van der Waals surface area contributed by atoms with E-state index in [9.17, 15) is 4.79 Å². The summed E-state index contributed by atoms with van der Waals surface area (Å²) in [4.78, 5) is 11.7. The quantitative estimate of drug-likeness (QED) is 0.719. The van der Waals surface area contributed by atoms with Gasteiger partial charge in [0, 0.05) is 0 Å². The van der Waals surface area contributed by atoms with Gasteiger partial charge in [-0.2, -0.15) is 0 Å². The molecule has 0 aliphatic rings. The Labute approximate surface area is 96.4 Å². The molecule has 16 heavy (non-hydrogen) atoms. The summed E-state index contributed by atoms with van der Waals surface area (Å²) in [6.07, 6.45) is 0.836. The summed E-state index contributed by atoms with van der Waals surface area (Å²) in [5.41, 5.74) is 1.55. The van der Waals surface area contributed by atoms with Crippen LogP contribution in [-0.4, -0.2) is 19.2 Å². The van der Waals surface area contributed by atoms with E-state index in [1.54, 1.807) is 13.0 Å². The maximum atomic E-state index is 11.7. The van der Waals surface area contributed by atoms with Gasteiger partial charge in [0.2, 0.25) is 0 Å². The number of hydrogen-bond acceptors (Lipinski definition) is 3. The van der Waals surface area contributed by atoms with Gasteiger partial charge in [0.05, 0.1) is 13.2 Å². The number of carbonyl (C=O) groups is 1. The van der Waals surface area contributed by atoms with Crippen LogP contribution < -0.4 is 4.74 Å². The summed E-state index contributed by atoms with van der Waals surface area (Å²) in [6, 6.07) is 5.56. The molecule has 0 saturated heterocycles. The molecule has 1 aromatic rings. The number of aryl methyl sites for hydroxylation is 1. The van der Waals surface area contributed by atoms with Crippen LogP contribution in [0, 0.1) is 0 Å². The highest BCUT2D eigenvalue weighted by Crippen LogP contribution is 2.25. The van der Waals surface area contributed by atoms with Crippen molar-refractivity contribution >= 4 is 5.97 Å². The molecule has 0 amide bonds. The Bertz CT molecular complexity index is 358. The number of ether oxygens (including phenoxy) is 2. The molecule has 0 bridgehead atoms. The molecule has 0 heterocycles. The van der Waals surface area contributed by atoms with Crippen molar-refractivity contribution in [3.63, 3.8) is 0 Å². The molecule has 3 nitrogen and oxygen atoms in total. The van der Waals surface area contributed by atoms with E-state index in [-0.39, 0.29) is 5.97 Å². The molecule has 0 atom stereocenters. The second kappa shape index (κ2) is 6.16. The molecule has 0 radical (unpaired) electrons. The maximum absolute atomic E-state index is 11.7. The Kier molecular flexibility index (Phi) is 4.83. The van der Waals surface area contributed by atoms with Crippen LogP contribution >= 0.6 is 0 Å². The molecule has 0 aliphatic carbocycles. The minimum Gasteiger partial charge on any atom is -0.493 e. The monoisotopic (exact) mass is 222 g/mol. The van der Waals surface area contributed by atoms with Crippen LogP contribution in [0.3, 0.4) is 0 Å². The van der Waals surface area contributed by atoms with E-state index in [1.165, 1.54) is 0 Å². The van der Waals surface area contributed by atoms with E-state index in [0.29, 0.717) is 24.5 Å². The van der Waals surface area contributed by atoms with Crippen LogP contribution in [0.4, 0.5) is 0 Å². The van der Waals surface area contributed by atoms with Gasteiger partial charge in [0.1, 0.15) is 11.3 Å². The number of para-hydroxylation sites is 1. The van der Waals surface area contributed by atoms with Crippen molar-refractivity contribution in [3.8, 4) is 5.75 Å². The molecule has 0 unspecified atom stereocenters. The Morgan fingerprint density at radius 3 is 2.50 bits per heavy atom. The third-order valence-corrected chi connectivity index (χ3v) is 2.26. The lowest BCUT2D eigenvalue weighted by Crippen LogP contribution is -2.09. The first-order chi connectivity index (χ1) is 7.74. The summed E-state index contributed by atoms with van der Waals surface area (Å²) >= 11 is 0. The number of carbonyl (C=O) groups excluding carboxylic acids is 1. The van der Waals surface area contributed by atoms with Crippen LogP contribution in [0.2, 0.25) is 0 Å². The molecular formula is C13H18O3. The standard InChI is InChI=1S/C13H18O3/c1-4-10-8-7-9-11(12(10)15-5-2)13(14)16-6-3/h7-9H,4-6H2,1-3H3. The van der Waals surface area contributed by atoms with E-state index < -0.39 is 0 Å². The lowest BCUT2D eigenvalue weighted by atomic mass is 10.1. The number of benzene rings is 1. The first-order valence-corrected chi connectivity index (χ1v) is 5.66. The summed E-state index contributed by atoms with van der Waals surface area (Å²) in [5.74, 6) is 0.340. The zero-order chi connectivity index (χ0) is 12.0. The Morgan fingerprint density at radius 2 is 1.94 bits per heavy atom. The van der Waals surface area contributed by atoms with Gasteiger partial charge < -0.3 is 9.47 Å². The minimum atomic E-state index is -0.318. The molecule has 0 aliphatic heterocycles. The molecule has 1 aromatic carbocycles. The van der Waals surface area contributed by atoms with Crippen molar-refractivity contribution in [3.05, 3.63) is 29.3 Å². The fraction of sp³-hybridized carbons (Fsp3) is 0.462. The number of esters is 1. The van der Waals surface area contributed by atoms with Crippen molar-refractivity contribution in [2.45, 2.75) is 27.2 Å². The molecule has 0 aromatic heterocycles. The second-order valence-corrected chi connectivity index (χ2v) is 3.30. The minimum absolute atomic E-state index is 0.318. The summed E-state index contributed by atoms with van der Waals surface area (Å²) in [7, 11) is 0. The van der Waals surface area contributed by atoms with Gasteiger partial charge in [-0.25, -0.2) is 4.79 Å². The highest BCUT2D eigenvalue weighted by molar-refractivity contribution is 5.93. The summed E-state index contributed by atoms with van der Waals surface area (Å²) < 4.78 is 10.5. The molecule has 88 valence electrons. The molecule has 0 spiro atoms. The van der Waals surface area contributed by atoms with Crippen molar-refractivity contribution in [2.75, 3.05) is 13.2 Å². The van der Waals surface area contributed by atoms with Gasteiger partial charge in [-0.3, -0.25) is 0 Å². The molecular weight excluding hydrogens is 204 g/mol. The van der Waals surface area contributed by atoms with Crippen LogP contribution in [0.5, 0.6) is 5.75 Å². The summed E-state index contributed by atoms with van der Waals surface area (Å²) in [6.45, 7) is 6.65. The van der Waals surface area contributed by atoms with E-state index in [2.05, 4.69) is 0 Å². The molecule has 3 heteroatoms. The van der Waals surface area contributed by atoms with Crippen molar-refractivity contribution in [2.24, 2.45) is 0 Å². The van der Waals surface area contributed by atoms with E-state index in [0.717, 1.165) is 12.0 Å². The fourth-order valence-corrected chi connectivity index (χ4v) is 1.55. The Hall–Kier alpha value is -1.51. The van der Waals surface area contributed by atoms with Crippen molar-refractivity contribution in [1.29, 1.82) is 0 Å². The van der Waals surface area contributed by atoms with Crippen molar-refractivity contribution in [1.82, 2.24) is 0 Å². The average Bonchev–Trinajstić information content (AvgIpc) is 2.30. The highest BCUT2D eigenvalue weighted by atomic mass is 16.5. The van der Waals surface area contributed by atoms with E-state index in [1.807, 2.05) is 26.0 Å². The van der Waals surface area contributed by atoms with Crippen molar-refractivity contribution < 1.29 is 14.3 Å². The van der Waals surface area contributed by atoms with Gasteiger partial charge in [-0.05, 0) is 31.9 Å². The Balaban J connectivity index is 3.10. The fourth-order valence-electron chi connectivity index (χ4n) is 1.55. The highest BCUT2D eigenvalue weighted by Gasteiger charge is 2.15. The lowest BCUT2D eigenvalue weighted by molar-refractivity contribution is 0.0521. The first kappa shape index (κ1) is 12.6. The van der Waals surface area contributed by atoms with Gasteiger partial charge in [-0.1, -0.05) is 19.1 Å². The zero-order valence-electron chi connectivity index (χ0n) is 10.1. The average molecular weight is 222 g/mol. The van der Waals surface area contributed by atoms with Gasteiger partial charge in [0.25, 0.3) is 0 Å². The zero-order valence-corrected chi connectivity index (χ0v) is 10.1.